The lowest BCUT2D eigenvalue weighted by molar-refractivity contribution is -0.122. The third-order valence-corrected chi connectivity index (χ3v) is 3.00. The van der Waals surface area contributed by atoms with Crippen molar-refractivity contribution >= 4 is 22.9 Å². The van der Waals surface area contributed by atoms with Crippen molar-refractivity contribution in [2.45, 2.75) is 18.9 Å². The zero-order valence-corrected chi connectivity index (χ0v) is 9.36. The van der Waals surface area contributed by atoms with Gasteiger partial charge in [-0.25, -0.2) is 4.98 Å². The van der Waals surface area contributed by atoms with Crippen molar-refractivity contribution in [2.24, 2.45) is 0 Å². The van der Waals surface area contributed by atoms with Crippen LogP contribution in [0.4, 0.5) is 5.95 Å². The van der Waals surface area contributed by atoms with Gasteiger partial charge in [-0.3, -0.25) is 4.79 Å². The number of amides is 1. The minimum absolute atomic E-state index is 0.132. The van der Waals surface area contributed by atoms with E-state index in [-0.39, 0.29) is 11.9 Å². The van der Waals surface area contributed by atoms with Gasteiger partial charge in [0.05, 0.1) is 11.0 Å². The van der Waals surface area contributed by atoms with Crippen molar-refractivity contribution in [2.75, 3.05) is 11.9 Å². The highest BCUT2D eigenvalue weighted by atomic mass is 16.1. The first kappa shape index (κ1) is 10.1. The van der Waals surface area contributed by atoms with E-state index >= 15 is 0 Å². The number of carbonyl (C=O) groups excluding carboxylic acids is 1. The molecule has 0 radical (unpaired) electrons. The Morgan fingerprint density at radius 1 is 1.35 bits per heavy atom. The van der Waals surface area contributed by atoms with Crippen LogP contribution in [0.15, 0.2) is 24.3 Å². The van der Waals surface area contributed by atoms with Gasteiger partial charge in [0.1, 0.15) is 0 Å². The molecule has 1 saturated heterocycles. The highest BCUT2D eigenvalue weighted by molar-refractivity contribution is 5.78. The normalized spacial score (nSPS) is 20.2. The molecule has 1 atom stereocenters. The molecule has 17 heavy (non-hydrogen) atoms. The molecule has 5 nitrogen and oxygen atoms in total. The highest BCUT2D eigenvalue weighted by Gasteiger charge is 2.18. The van der Waals surface area contributed by atoms with E-state index in [2.05, 4.69) is 20.6 Å². The van der Waals surface area contributed by atoms with Crippen LogP contribution in [0, 0.1) is 0 Å². The summed E-state index contributed by atoms with van der Waals surface area (Å²) < 4.78 is 0. The molecule has 0 saturated carbocycles. The first-order valence-electron chi connectivity index (χ1n) is 5.79. The van der Waals surface area contributed by atoms with E-state index in [1.54, 1.807) is 0 Å². The van der Waals surface area contributed by atoms with E-state index in [1.165, 1.54) is 0 Å². The van der Waals surface area contributed by atoms with Crippen molar-refractivity contribution in [3.05, 3.63) is 24.3 Å². The van der Waals surface area contributed by atoms with E-state index in [0.29, 0.717) is 13.0 Å². The Balaban J connectivity index is 1.74. The number of aromatic nitrogens is 2. The molecular weight excluding hydrogens is 216 g/mol. The third kappa shape index (κ3) is 2.08. The van der Waals surface area contributed by atoms with Gasteiger partial charge in [0.25, 0.3) is 0 Å². The van der Waals surface area contributed by atoms with Gasteiger partial charge in [-0.2, -0.15) is 0 Å². The molecule has 1 fully saturated rings. The van der Waals surface area contributed by atoms with E-state index in [1.807, 2.05) is 24.3 Å². The standard InChI is InChI=1S/C12H14N4O/c17-11-6-5-8(7-13-11)14-12-15-9-3-1-2-4-10(9)16-12/h1-4,8H,5-7H2,(H,13,17)(H2,14,15,16). The smallest absolute Gasteiger partial charge is 0.220 e. The molecule has 1 aliphatic heterocycles. The van der Waals surface area contributed by atoms with Crippen LogP contribution < -0.4 is 10.6 Å². The lowest BCUT2D eigenvalue weighted by Gasteiger charge is -2.22. The number of hydrogen-bond donors (Lipinski definition) is 3. The number of nitrogens with one attached hydrogen (secondary N) is 3. The molecule has 0 bridgehead atoms. The summed E-state index contributed by atoms with van der Waals surface area (Å²) in [6.45, 7) is 0.663. The van der Waals surface area contributed by atoms with Gasteiger partial charge in [-0.1, -0.05) is 12.1 Å². The zero-order valence-electron chi connectivity index (χ0n) is 9.36. The number of carbonyl (C=O) groups is 1. The van der Waals surface area contributed by atoms with Crippen LogP contribution in [-0.2, 0) is 4.79 Å². The maximum absolute atomic E-state index is 11.0. The molecule has 0 spiro atoms. The Kier molecular flexibility index (Phi) is 2.44. The molecule has 2 heterocycles. The molecule has 1 aromatic heterocycles. The van der Waals surface area contributed by atoms with E-state index in [9.17, 15) is 4.79 Å². The summed E-state index contributed by atoms with van der Waals surface area (Å²) >= 11 is 0. The van der Waals surface area contributed by atoms with Crippen LogP contribution in [0.1, 0.15) is 12.8 Å². The maximum Gasteiger partial charge on any atom is 0.220 e. The number of benzene rings is 1. The molecule has 3 rings (SSSR count). The quantitative estimate of drug-likeness (QED) is 0.727. The van der Waals surface area contributed by atoms with Gasteiger partial charge in [0.15, 0.2) is 0 Å². The molecular formula is C12H14N4O. The lowest BCUT2D eigenvalue weighted by atomic mass is 10.1. The van der Waals surface area contributed by atoms with E-state index < -0.39 is 0 Å². The minimum atomic E-state index is 0.132. The van der Waals surface area contributed by atoms with Crippen LogP contribution in [0.25, 0.3) is 11.0 Å². The summed E-state index contributed by atoms with van der Waals surface area (Å²) in [6, 6.07) is 8.17. The Labute approximate surface area is 98.6 Å². The molecule has 5 heteroatoms. The second-order valence-electron chi connectivity index (χ2n) is 4.29. The van der Waals surface area contributed by atoms with E-state index in [0.717, 1.165) is 23.4 Å². The number of piperidine rings is 1. The first-order chi connectivity index (χ1) is 8.31. The summed E-state index contributed by atoms with van der Waals surface area (Å²) in [5, 5.41) is 6.15. The topological polar surface area (TPSA) is 69.8 Å². The fraction of sp³-hybridized carbons (Fsp3) is 0.333. The monoisotopic (exact) mass is 230 g/mol. The third-order valence-electron chi connectivity index (χ3n) is 3.00. The predicted octanol–water partition coefficient (Wildman–Crippen LogP) is 1.25. The Morgan fingerprint density at radius 3 is 3.00 bits per heavy atom. The van der Waals surface area contributed by atoms with Crippen molar-refractivity contribution in [3.63, 3.8) is 0 Å². The van der Waals surface area contributed by atoms with Crippen LogP contribution in [0.3, 0.4) is 0 Å². The van der Waals surface area contributed by atoms with Gasteiger partial charge in [0, 0.05) is 19.0 Å². The number of hydrogen-bond acceptors (Lipinski definition) is 3. The second-order valence-corrected chi connectivity index (χ2v) is 4.29. The molecule has 0 aliphatic carbocycles. The second kappa shape index (κ2) is 4.08. The van der Waals surface area contributed by atoms with Gasteiger partial charge in [0.2, 0.25) is 11.9 Å². The summed E-state index contributed by atoms with van der Waals surface area (Å²) in [5.41, 5.74) is 1.98. The Hall–Kier alpha value is -2.04. The number of nitrogens with zero attached hydrogens (tertiary/aromatic N) is 1. The Morgan fingerprint density at radius 2 is 2.24 bits per heavy atom. The van der Waals surface area contributed by atoms with E-state index in [4.69, 9.17) is 0 Å². The zero-order chi connectivity index (χ0) is 11.7. The fourth-order valence-electron chi connectivity index (χ4n) is 2.07. The van der Waals surface area contributed by atoms with Crippen LogP contribution in [-0.4, -0.2) is 28.5 Å². The minimum Gasteiger partial charge on any atom is -0.354 e. The van der Waals surface area contributed by atoms with Crippen molar-refractivity contribution in [3.8, 4) is 0 Å². The molecule has 3 N–H and O–H groups in total. The summed E-state index contributed by atoms with van der Waals surface area (Å²) in [6.07, 6.45) is 1.43. The average Bonchev–Trinajstić information content (AvgIpc) is 2.74. The van der Waals surface area contributed by atoms with Gasteiger partial charge < -0.3 is 15.6 Å². The van der Waals surface area contributed by atoms with Gasteiger partial charge in [-0.15, -0.1) is 0 Å². The molecule has 1 aromatic carbocycles. The molecule has 1 unspecified atom stereocenters. The molecule has 1 amide bonds. The number of anilines is 1. The molecule has 2 aromatic rings. The maximum atomic E-state index is 11.0. The molecule has 1 aliphatic rings. The summed E-state index contributed by atoms with van der Waals surface area (Å²) in [7, 11) is 0. The predicted molar refractivity (Wildman–Crippen MR) is 65.7 cm³/mol. The number of fused-ring (bicyclic) bond motifs is 1. The highest BCUT2D eigenvalue weighted by Crippen LogP contribution is 2.15. The summed E-state index contributed by atoms with van der Waals surface area (Å²) in [4.78, 5) is 18.7. The van der Waals surface area contributed by atoms with Crippen LogP contribution >= 0.6 is 0 Å². The van der Waals surface area contributed by atoms with Crippen LogP contribution in [0.2, 0.25) is 0 Å². The number of para-hydroxylation sites is 2. The Bertz CT molecular complexity index is 505. The number of imidazole rings is 1. The van der Waals surface area contributed by atoms with Crippen molar-refractivity contribution in [1.29, 1.82) is 0 Å². The van der Waals surface area contributed by atoms with Gasteiger partial charge >= 0.3 is 0 Å². The summed E-state index contributed by atoms with van der Waals surface area (Å²) in [5.74, 6) is 0.903. The number of H-pyrrole nitrogens is 1. The van der Waals surface area contributed by atoms with Gasteiger partial charge in [-0.05, 0) is 18.6 Å². The van der Waals surface area contributed by atoms with Crippen molar-refractivity contribution < 1.29 is 4.79 Å². The number of rotatable bonds is 2. The SMILES string of the molecule is O=C1CCC(Nc2nc3ccccc3[nH]2)CN1. The first-order valence-corrected chi connectivity index (χ1v) is 5.79. The number of aromatic amines is 1. The molecule has 88 valence electrons. The largest absolute Gasteiger partial charge is 0.354 e. The van der Waals surface area contributed by atoms with Crippen molar-refractivity contribution in [1.82, 2.24) is 15.3 Å². The average molecular weight is 230 g/mol. The fourth-order valence-corrected chi connectivity index (χ4v) is 2.07. The lowest BCUT2D eigenvalue weighted by Crippen LogP contribution is -2.42. The van der Waals surface area contributed by atoms with Crippen LogP contribution in [0.5, 0.6) is 0 Å².